The Morgan fingerprint density at radius 1 is 1.19 bits per heavy atom. The summed E-state index contributed by atoms with van der Waals surface area (Å²) in [5.74, 6) is 1.12. The third-order valence-corrected chi connectivity index (χ3v) is 3.52. The molecule has 0 spiro atoms. The molecule has 1 N–H and O–H groups in total. The van der Waals surface area contributed by atoms with Crippen molar-refractivity contribution in [2.24, 2.45) is 17.3 Å². The van der Waals surface area contributed by atoms with Gasteiger partial charge in [-0.15, -0.1) is 0 Å². The van der Waals surface area contributed by atoms with Crippen molar-refractivity contribution >= 4 is 0 Å². The fourth-order valence-corrected chi connectivity index (χ4v) is 2.57. The summed E-state index contributed by atoms with van der Waals surface area (Å²) < 4.78 is 5.88. The van der Waals surface area contributed by atoms with Crippen LogP contribution in [0.2, 0.25) is 0 Å². The Balaban J connectivity index is 2.35. The van der Waals surface area contributed by atoms with Gasteiger partial charge in [-0.3, -0.25) is 0 Å². The van der Waals surface area contributed by atoms with E-state index in [1.807, 2.05) is 0 Å². The molecule has 0 radical (unpaired) electrons. The molecule has 4 atom stereocenters. The third kappa shape index (κ3) is 4.42. The lowest BCUT2D eigenvalue weighted by Gasteiger charge is -2.37. The topological polar surface area (TPSA) is 29.5 Å². The monoisotopic (exact) mass is 228 g/mol. The van der Waals surface area contributed by atoms with E-state index in [9.17, 15) is 5.11 Å². The molecule has 0 amide bonds. The predicted octanol–water partition coefficient (Wildman–Crippen LogP) is 3.23. The van der Waals surface area contributed by atoms with E-state index in [1.54, 1.807) is 0 Å². The average molecular weight is 228 g/mol. The van der Waals surface area contributed by atoms with Crippen molar-refractivity contribution in [2.75, 3.05) is 6.61 Å². The molecule has 1 fully saturated rings. The molecule has 1 rings (SSSR count). The van der Waals surface area contributed by atoms with Crippen molar-refractivity contribution in [2.45, 2.75) is 66.1 Å². The number of ether oxygens (including phenoxy) is 1. The zero-order valence-corrected chi connectivity index (χ0v) is 11.5. The van der Waals surface area contributed by atoms with Crippen molar-refractivity contribution < 1.29 is 9.84 Å². The summed E-state index contributed by atoms with van der Waals surface area (Å²) in [6.07, 6.45) is 2.91. The van der Waals surface area contributed by atoms with Crippen LogP contribution >= 0.6 is 0 Å². The summed E-state index contributed by atoms with van der Waals surface area (Å²) in [4.78, 5) is 0. The molecule has 2 nitrogen and oxygen atoms in total. The van der Waals surface area contributed by atoms with Gasteiger partial charge in [0, 0.05) is 6.61 Å². The van der Waals surface area contributed by atoms with E-state index in [4.69, 9.17) is 4.74 Å². The number of hydrogen-bond donors (Lipinski definition) is 1. The quantitative estimate of drug-likeness (QED) is 0.803. The summed E-state index contributed by atoms with van der Waals surface area (Å²) in [6.45, 7) is 11.8. The highest BCUT2D eigenvalue weighted by molar-refractivity contribution is 4.83. The van der Waals surface area contributed by atoms with Crippen molar-refractivity contribution in [3.05, 3.63) is 0 Å². The molecule has 1 aliphatic rings. The average Bonchev–Trinajstić information content (AvgIpc) is 2.07. The summed E-state index contributed by atoms with van der Waals surface area (Å²) in [5, 5.41) is 10.0. The van der Waals surface area contributed by atoms with Crippen LogP contribution < -0.4 is 0 Å². The molecular formula is C14H28O2. The Hall–Kier alpha value is -0.0800. The number of aliphatic hydroxyl groups is 1. The molecule has 0 bridgehead atoms. The van der Waals surface area contributed by atoms with Gasteiger partial charge in [-0.1, -0.05) is 34.6 Å². The minimum absolute atomic E-state index is 0.0542. The fourth-order valence-electron chi connectivity index (χ4n) is 2.57. The zero-order chi connectivity index (χ0) is 12.3. The largest absolute Gasteiger partial charge is 0.390 e. The van der Waals surface area contributed by atoms with Crippen LogP contribution in [-0.4, -0.2) is 23.9 Å². The first-order valence-corrected chi connectivity index (χ1v) is 6.59. The molecule has 0 aromatic rings. The van der Waals surface area contributed by atoms with Crippen LogP contribution in [0.3, 0.4) is 0 Å². The van der Waals surface area contributed by atoms with Crippen LogP contribution in [0.5, 0.6) is 0 Å². The van der Waals surface area contributed by atoms with Gasteiger partial charge in [0.05, 0.1) is 12.2 Å². The van der Waals surface area contributed by atoms with Gasteiger partial charge >= 0.3 is 0 Å². The van der Waals surface area contributed by atoms with E-state index in [0.717, 1.165) is 19.4 Å². The Kier molecular flexibility index (Phi) is 4.81. The van der Waals surface area contributed by atoms with Crippen molar-refractivity contribution in [1.82, 2.24) is 0 Å². The lowest BCUT2D eigenvalue weighted by Crippen LogP contribution is -2.41. The van der Waals surface area contributed by atoms with E-state index in [2.05, 4.69) is 34.6 Å². The summed E-state index contributed by atoms with van der Waals surface area (Å²) in [7, 11) is 0. The number of aliphatic hydroxyl groups excluding tert-OH is 1. The Bertz CT molecular complexity index is 195. The Morgan fingerprint density at radius 3 is 2.31 bits per heavy atom. The fraction of sp³-hybridized carbons (Fsp3) is 1.00. The molecule has 0 aromatic heterocycles. The number of rotatable bonds is 3. The van der Waals surface area contributed by atoms with E-state index in [1.165, 1.54) is 6.42 Å². The van der Waals surface area contributed by atoms with E-state index >= 15 is 0 Å². The maximum absolute atomic E-state index is 10.0. The first-order valence-electron chi connectivity index (χ1n) is 6.59. The van der Waals surface area contributed by atoms with Crippen molar-refractivity contribution in [3.63, 3.8) is 0 Å². The summed E-state index contributed by atoms with van der Waals surface area (Å²) >= 11 is 0. The SMILES string of the molecule is CC1CC(C)C(OCCC(C)(C)C)C(O)C1. The number of hydrogen-bond acceptors (Lipinski definition) is 2. The predicted molar refractivity (Wildman–Crippen MR) is 67.4 cm³/mol. The molecule has 0 aromatic carbocycles. The molecule has 1 aliphatic carbocycles. The highest BCUT2D eigenvalue weighted by Crippen LogP contribution is 2.31. The standard InChI is InChI=1S/C14H28O2/c1-10-8-11(2)13(12(15)9-10)16-7-6-14(3,4)5/h10-13,15H,6-9H2,1-5H3. The molecule has 16 heavy (non-hydrogen) atoms. The van der Waals surface area contributed by atoms with Crippen LogP contribution in [-0.2, 0) is 4.74 Å². The molecule has 4 unspecified atom stereocenters. The molecule has 1 saturated carbocycles. The minimum atomic E-state index is -0.265. The van der Waals surface area contributed by atoms with Gasteiger partial charge in [0.15, 0.2) is 0 Å². The van der Waals surface area contributed by atoms with Gasteiger partial charge in [0.2, 0.25) is 0 Å². The lowest BCUT2D eigenvalue weighted by molar-refractivity contribution is -0.0997. The third-order valence-electron chi connectivity index (χ3n) is 3.52. The molecule has 0 heterocycles. The van der Waals surface area contributed by atoms with Crippen molar-refractivity contribution in [1.29, 1.82) is 0 Å². The van der Waals surface area contributed by atoms with Gasteiger partial charge in [-0.2, -0.15) is 0 Å². The normalized spacial score (nSPS) is 36.4. The lowest BCUT2D eigenvalue weighted by atomic mass is 9.79. The maximum atomic E-state index is 10.0. The summed E-state index contributed by atoms with van der Waals surface area (Å²) in [5.41, 5.74) is 0.316. The van der Waals surface area contributed by atoms with E-state index in [-0.39, 0.29) is 12.2 Å². The smallest absolute Gasteiger partial charge is 0.0859 e. The first kappa shape index (κ1) is 14.0. The van der Waals surface area contributed by atoms with Gasteiger partial charge in [-0.05, 0) is 36.5 Å². The second kappa shape index (κ2) is 5.50. The molecule has 0 saturated heterocycles. The van der Waals surface area contributed by atoms with Crippen LogP contribution in [0.15, 0.2) is 0 Å². The second-order valence-electron chi connectivity index (χ2n) is 6.77. The van der Waals surface area contributed by atoms with Crippen LogP contribution in [0.25, 0.3) is 0 Å². The van der Waals surface area contributed by atoms with Gasteiger partial charge in [0.1, 0.15) is 0 Å². The van der Waals surface area contributed by atoms with Gasteiger partial charge in [0.25, 0.3) is 0 Å². The van der Waals surface area contributed by atoms with E-state index < -0.39 is 0 Å². The molecule has 96 valence electrons. The highest BCUT2D eigenvalue weighted by Gasteiger charge is 2.33. The Morgan fingerprint density at radius 2 is 1.81 bits per heavy atom. The second-order valence-corrected chi connectivity index (χ2v) is 6.77. The molecule has 2 heteroatoms. The van der Waals surface area contributed by atoms with Gasteiger partial charge in [-0.25, -0.2) is 0 Å². The highest BCUT2D eigenvalue weighted by atomic mass is 16.5. The summed E-state index contributed by atoms with van der Waals surface area (Å²) in [6, 6.07) is 0. The first-order chi connectivity index (χ1) is 7.29. The maximum Gasteiger partial charge on any atom is 0.0859 e. The van der Waals surface area contributed by atoms with Crippen LogP contribution in [0.4, 0.5) is 0 Å². The van der Waals surface area contributed by atoms with Crippen molar-refractivity contribution in [3.8, 4) is 0 Å². The van der Waals surface area contributed by atoms with E-state index in [0.29, 0.717) is 17.3 Å². The van der Waals surface area contributed by atoms with Gasteiger partial charge < -0.3 is 9.84 Å². The molecular weight excluding hydrogens is 200 g/mol. The Labute approximate surface area is 100 Å². The molecule has 0 aliphatic heterocycles. The van der Waals surface area contributed by atoms with Crippen LogP contribution in [0, 0.1) is 17.3 Å². The minimum Gasteiger partial charge on any atom is -0.390 e. The van der Waals surface area contributed by atoms with Crippen LogP contribution in [0.1, 0.15) is 53.9 Å². The zero-order valence-electron chi connectivity index (χ0n) is 11.5.